The lowest BCUT2D eigenvalue weighted by Gasteiger charge is -2.07. The van der Waals surface area contributed by atoms with Crippen LogP contribution in [0, 0.1) is 0 Å². The maximum absolute atomic E-state index is 12.5. The Morgan fingerprint density at radius 2 is 1.81 bits per heavy atom. The van der Waals surface area contributed by atoms with Gasteiger partial charge in [-0.15, -0.1) is 11.3 Å². The van der Waals surface area contributed by atoms with E-state index in [0.29, 0.717) is 6.54 Å². The monoisotopic (exact) mass is 404 g/mol. The van der Waals surface area contributed by atoms with E-state index < -0.39 is 10.0 Å². The van der Waals surface area contributed by atoms with Crippen molar-refractivity contribution in [3.8, 4) is 0 Å². The van der Waals surface area contributed by atoms with Crippen molar-refractivity contribution in [2.75, 3.05) is 0 Å². The number of thiophene rings is 1. The van der Waals surface area contributed by atoms with Crippen LogP contribution in [0.4, 0.5) is 0 Å². The fourth-order valence-electron chi connectivity index (χ4n) is 3.32. The second-order valence-corrected chi connectivity index (χ2v) is 10.2. The van der Waals surface area contributed by atoms with Crippen molar-refractivity contribution < 1.29 is 13.2 Å². The minimum Gasteiger partial charge on any atom is -0.347 e. The highest BCUT2D eigenvalue weighted by Crippen LogP contribution is 2.29. The van der Waals surface area contributed by atoms with E-state index in [-0.39, 0.29) is 16.8 Å². The first-order chi connectivity index (χ1) is 13.0. The molecule has 2 aliphatic carbocycles. The first-order valence-corrected chi connectivity index (χ1v) is 11.8. The quantitative estimate of drug-likeness (QED) is 0.725. The van der Waals surface area contributed by atoms with Crippen LogP contribution in [-0.2, 0) is 29.4 Å². The van der Waals surface area contributed by atoms with Gasteiger partial charge in [-0.3, -0.25) is 4.79 Å². The van der Waals surface area contributed by atoms with Gasteiger partial charge in [0.15, 0.2) is 0 Å². The molecule has 0 saturated heterocycles. The predicted molar refractivity (Wildman–Crippen MR) is 107 cm³/mol. The molecule has 2 aliphatic rings. The first-order valence-electron chi connectivity index (χ1n) is 9.52. The Bertz CT molecular complexity index is 905. The van der Waals surface area contributed by atoms with Crippen LogP contribution in [0.25, 0.3) is 0 Å². The third kappa shape index (κ3) is 4.59. The normalized spacial score (nSPS) is 17.2. The highest BCUT2D eigenvalue weighted by molar-refractivity contribution is 7.89. The van der Waals surface area contributed by atoms with Gasteiger partial charge in [0.1, 0.15) is 0 Å². The van der Waals surface area contributed by atoms with E-state index in [9.17, 15) is 13.2 Å². The lowest BCUT2D eigenvalue weighted by atomic mass is 10.1. The molecule has 7 heteroatoms. The third-order valence-electron chi connectivity index (χ3n) is 5.06. The molecular formula is C20H24N2O3S2. The summed E-state index contributed by atoms with van der Waals surface area (Å²) in [5.41, 5.74) is 2.22. The van der Waals surface area contributed by atoms with Gasteiger partial charge in [0, 0.05) is 17.5 Å². The number of benzene rings is 1. The van der Waals surface area contributed by atoms with Gasteiger partial charge in [0.2, 0.25) is 10.0 Å². The van der Waals surface area contributed by atoms with E-state index in [2.05, 4.69) is 10.0 Å². The summed E-state index contributed by atoms with van der Waals surface area (Å²) >= 11 is 1.61. The summed E-state index contributed by atoms with van der Waals surface area (Å²) in [5, 5.41) is 2.95. The van der Waals surface area contributed by atoms with Gasteiger partial charge in [-0.2, -0.15) is 0 Å². The molecule has 1 saturated carbocycles. The van der Waals surface area contributed by atoms with Gasteiger partial charge in [-0.1, -0.05) is 18.6 Å². The average Bonchev–Trinajstić information content (AvgIpc) is 3.41. The minimum atomic E-state index is -3.43. The molecule has 0 bridgehead atoms. The van der Waals surface area contributed by atoms with Crippen LogP contribution in [0.1, 0.15) is 57.8 Å². The number of sulfonamides is 1. The zero-order chi connectivity index (χ0) is 18.9. The zero-order valence-electron chi connectivity index (χ0n) is 15.2. The number of fused-ring (bicyclic) bond motifs is 1. The summed E-state index contributed by atoms with van der Waals surface area (Å²) in [6.45, 7) is 0.387. The van der Waals surface area contributed by atoms with Gasteiger partial charge in [-0.25, -0.2) is 13.1 Å². The summed E-state index contributed by atoms with van der Waals surface area (Å²) in [6, 6.07) is 8.84. The second kappa shape index (κ2) is 7.73. The number of nitrogens with one attached hydrogen (secondary N) is 2. The number of amides is 1. The Balaban J connectivity index is 1.36. The molecule has 1 amide bonds. The van der Waals surface area contributed by atoms with Crippen molar-refractivity contribution in [1.29, 1.82) is 0 Å². The summed E-state index contributed by atoms with van der Waals surface area (Å²) in [5.74, 6) is -0.0554. The Morgan fingerprint density at radius 3 is 2.56 bits per heavy atom. The molecule has 0 unspecified atom stereocenters. The molecule has 0 aliphatic heterocycles. The molecule has 2 aromatic rings. The Labute approximate surface area is 164 Å². The Hall–Kier alpha value is -1.70. The van der Waals surface area contributed by atoms with Crippen molar-refractivity contribution in [3.05, 3.63) is 51.2 Å². The molecule has 1 fully saturated rings. The van der Waals surface area contributed by atoms with Crippen LogP contribution in [0.15, 0.2) is 35.2 Å². The van der Waals surface area contributed by atoms with Gasteiger partial charge in [0.25, 0.3) is 5.91 Å². The SMILES string of the molecule is O=C(NCc1ccc(S(=O)(=O)NC2CC2)cc1)c1cc2c(s1)CCCCC2. The summed E-state index contributed by atoms with van der Waals surface area (Å²) < 4.78 is 27.0. The Morgan fingerprint density at radius 1 is 1.07 bits per heavy atom. The maximum Gasteiger partial charge on any atom is 0.261 e. The molecule has 0 spiro atoms. The van der Waals surface area contributed by atoms with Crippen LogP contribution in [0.3, 0.4) is 0 Å². The van der Waals surface area contributed by atoms with Crippen LogP contribution in [0.2, 0.25) is 0 Å². The topological polar surface area (TPSA) is 75.3 Å². The molecule has 1 aromatic carbocycles. The summed E-state index contributed by atoms with van der Waals surface area (Å²) in [7, 11) is -3.43. The van der Waals surface area contributed by atoms with Gasteiger partial charge < -0.3 is 5.32 Å². The highest BCUT2D eigenvalue weighted by atomic mass is 32.2. The van der Waals surface area contributed by atoms with Gasteiger partial charge in [-0.05, 0) is 67.9 Å². The highest BCUT2D eigenvalue weighted by Gasteiger charge is 2.27. The molecular weight excluding hydrogens is 380 g/mol. The molecule has 4 rings (SSSR count). The largest absolute Gasteiger partial charge is 0.347 e. The molecule has 144 valence electrons. The van der Waals surface area contributed by atoms with Crippen molar-refractivity contribution in [2.45, 2.75) is 62.4 Å². The predicted octanol–water partition coefficient (Wildman–Crippen LogP) is 3.39. The summed E-state index contributed by atoms with van der Waals surface area (Å²) in [4.78, 5) is 14.9. The van der Waals surface area contributed by atoms with E-state index >= 15 is 0 Å². The molecule has 0 atom stereocenters. The van der Waals surface area contributed by atoms with Crippen molar-refractivity contribution in [2.24, 2.45) is 0 Å². The number of carbonyl (C=O) groups excluding carboxylic acids is 1. The average molecular weight is 405 g/mol. The van der Waals surface area contributed by atoms with E-state index in [1.54, 1.807) is 35.6 Å². The van der Waals surface area contributed by atoms with Crippen LogP contribution in [-0.4, -0.2) is 20.4 Å². The molecule has 2 N–H and O–H groups in total. The molecule has 27 heavy (non-hydrogen) atoms. The standard InChI is InChI=1S/C20H24N2O3S2/c23-20(19-12-15-4-2-1-3-5-18(15)26-19)21-13-14-6-10-17(11-7-14)27(24,25)22-16-8-9-16/h6-7,10-12,16,22H,1-5,8-9,13H2,(H,21,23). The van der Waals surface area contributed by atoms with E-state index in [0.717, 1.165) is 36.1 Å². The smallest absolute Gasteiger partial charge is 0.261 e. The van der Waals surface area contributed by atoms with Crippen molar-refractivity contribution in [3.63, 3.8) is 0 Å². The molecule has 0 radical (unpaired) electrons. The maximum atomic E-state index is 12.5. The van der Waals surface area contributed by atoms with E-state index in [1.165, 1.54) is 29.7 Å². The number of hydrogen-bond acceptors (Lipinski definition) is 4. The lowest BCUT2D eigenvalue weighted by molar-refractivity contribution is 0.0955. The molecule has 1 aromatic heterocycles. The number of aryl methyl sites for hydroxylation is 2. The summed E-state index contributed by atoms with van der Waals surface area (Å²) in [6.07, 6.45) is 7.66. The second-order valence-electron chi connectivity index (χ2n) is 7.34. The van der Waals surface area contributed by atoms with Crippen LogP contribution >= 0.6 is 11.3 Å². The van der Waals surface area contributed by atoms with Gasteiger partial charge >= 0.3 is 0 Å². The fourth-order valence-corrected chi connectivity index (χ4v) is 5.80. The zero-order valence-corrected chi connectivity index (χ0v) is 16.8. The van der Waals surface area contributed by atoms with E-state index in [1.807, 2.05) is 6.07 Å². The first kappa shape index (κ1) is 18.7. The van der Waals surface area contributed by atoms with Crippen LogP contribution < -0.4 is 10.0 Å². The molecule has 5 nitrogen and oxygen atoms in total. The van der Waals surface area contributed by atoms with Crippen molar-refractivity contribution in [1.82, 2.24) is 10.0 Å². The number of carbonyl (C=O) groups is 1. The van der Waals surface area contributed by atoms with Crippen LogP contribution in [0.5, 0.6) is 0 Å². The lowest BCUT2D eigenvalue weighted by Crippen LogP contribution is -2.25. The fraction of sp³-hybridized carbons (Fsp3) is 0.450. The number of hydrogen-bond donors (Lipinski definition) is 2. The van der Waals surface area contributed by atoms with E-state index in [4.69, 9.17) is 0 Å². The van der Waals surface area contributed by atoms with Gasteiger partial charge in [0.05, 0.1) is 9.77 Å². The van der Waals surface area contributed by atoms with Crippen molar-refractivity contribution >= 4 is 27.3 Å². The minimum absolute atomic E-state index is 0.0554. The Kier molecular flexibility index (Phi) is 5.34. The third-order valence-corrected chi connectivity index (χ3v) is 7.83. The molecule has 1 heterocycles. The number of rotatable bonds is 6.